The van der Waals surface area contributed by atoms with Crippen molar-refractivity contribution in [2.45, 2.75) is 20.0 Å². The van der Waals surface area contributed by atoms with Crippen LogP contribution in [0.15, 0.2) is 36.9 Å². The van der Waals surface area contributed by atoms with Crippen LogP contribution in [0.5, 0.6) is 5.75 Å². The fraction of sp³-hybridized carbons (Fsp3) is 0.286. The minimum absolute atomic E-state index is 0.520. The summed E-state index contributed by atoms with van der Waals surface area (Å²) in [5.74, 6) is 2.43. The van der Waals surface area contributed by atoms with Crippen LogP contribution in [0.2, 0.25) is 0 Å². The quantitative estimate of drug-likeness (QED) is 0.706. The van der Waals surface area contributed by atoms with Crippen molar-refractivity contribution in [1.82, 2.24) is 29.5 Å². The summed E-state index contributed by atoms with van der Waals surface area (Å²) in [6.07, 6.45) is 3.15. The molecule has 0 amide bonds. The first-order valence-electron chi connectivity index (χ1n) is 6.60. The van der Waals surface area contributed by atoms with Crippen LogP contribution in [-0.4, -0.2) is 36.6 Å². The summed E-state index contributed by atoms with van der Waals surface area (Å²) in [6, 6.07) is 7.93. The molecule has 1 aromatic carbocycles. The number of benzene rings is 1. The van der Waals surface area contributed by atoms with E-state index in [9.17, 15) is 0 Å². The minimum Gasteiger partial charge on any atom is -0.497 e. The van der Waals surface area contributed by atoms with Crippen molar-refractivity contribution >= 4 is 0 Å². The molecule has 21 heavy (non-hydrogen) atoms. The zero-order chi connectivity index (χ0) is 14.7. The largest absolute Gasteiger partial charge is 0.497 e. The van der Waals surface area contributed by atoms with Gasteiger partial charge in [0.1, 0.15) is 30.8 Å². The maximum Gasteiger partial charge on any atom is 0.172 e. The minimum atomic E-state index is 0.520. The second-order valence-electron chi connectivity index (χ2n) is 4.68. The summed E-state index contributed by atoms with van der Waals surface area (Å²) in [6.45, 7) is 3.12. The average Bonchev–Trinajstić information content (AvgIpc) is 3.10. The highest BCUT2D eigenvalue weighted by Crippen LogP contribution is 2.14. The third-order valence-electron chi connectivity index (χ3n) is 3.14. The zero-order valence-corrected chi connectivity index (χ0v) is 12.0. The van der Waals surface area contributed by atoms with E-state index in [2.05, 4.69) is 20.2 Å². The average molecular weight is 284 g/mol. The molecule has 0 aliphatic rings. The van der Waals surface area contributed by atoms with E-state index in [1.54, 1.807) is 18.1 Å². The summed E-state index contributed by atoms with van der Waals surface area (Å²) >= 11 is 0. The SMILES string of the molecule is COc1cccc(Cn2nc(Cn3cncn3)nc2C)c1. The maximum absolute atomic E-state index is 5.23. The van der Waals surface area contributed by atoms with Gasteiger partial charge in [0.05, 0.1) is 13.7 Å². The summed E-state index contributed by atoms with van der Waals surface area (Å²) in [4.78, 5) is 8.37. The van der Waals surface area contributed by atoms with E-state index in [0.717, 1.165) is 23.0 Å². The molecule has 7 nitrogen and oxygen atoms in total. The molecule has 0 unspecified atom stereocenters. The summed E-state index contributed by atoms with van der Waals surface area (Å²) in [7, 11) is 1.66. The molecule has 0 atom stereocenters. The Morgan fingerprint density at radius 2 is 2.14 bits per heavy atom. The molecule has 0 radical (unpaired) electrons. The molecule has 0 spiro atoms. The van der Waals surface area contributed by atoms with Crippen LogP contribution in [0, 0.1) is 6.92 Å². The van der Waals surface area contributed by atoms with Crippen LogP contribution in [0.1, 0.15) is 17.2 Å². The molecule has 0 aliphatic carbocycles. The van der Waals surface area contributed by atoms with Crippen LogP contribution < -0.4 is 4.74 Å². The van der Waals surface area contributed by atoms with E-state index in [0.29, 0.717) is 13.1 Å². The van der Waals surface area contributed by atoms with Crippen LogP contribution in [0.3, 0.4) is 0 Å². The van der Waals surface area contributed by atoms with Gasteiger partial charge < -0.3 is 4.74 Å². The van der Waals surface area contributed by atoms with Crippen LogP contribution in [0.4, 0.5) is 0 Å². The standard InChI is InChI=1S/C14H16N6O/c1-11-17-14(8-19-10-15-9-16-19)18-20(11)7-12-4-3-5-13(6-12)21-2/h3-6,9-10H,7-8H2,1-2H3. The van der Waals surface area contributed by atoms with E-state index < -0.39 is 0 Å². The molecule has 0 N–H and O–H groups in total. The maximum atomic E-state index is 5.23. The molecule has 0 bridgehead atoms. The molecule has 0 fully saturated rings. The van der Waals surface area contributed by atoms with Gasteiger partial charge in [-0.1, -0.05) is 12.1 Å². The van der Waals surface area contributed by atoms with Gasteiger partial charge in [-0.2, -0.15) is 10.2 Å². The molecular formula is C14H16N6O. The molecule has 2 aromatic heterocycles. The van der Waals surface area contributed by atoms with Crippen LogP contribution >= 0.6 is 0 Å². The Kier molecular flexibility index (Phi) is 3.63. The van der Waals surface area contributed by atoms with Crippen LogP contribution in [-0.2, 0) is 13.1 Å². The highest BCUT2D eigenvalue weighted by atomic mass is 16.5. The van der Waals surface area contributed by atoms with Gasteiger partial charge in [-0.05, 0) is 24.6 Å². The Labute approximate surface area is 122 Å². The molecule has 108 valence electrons. The fourth-order valence-corrected chi connectivity index (χ4v) is 2.10. The Balaban J connectivity index is 1.77. The van der Waals surface area contributed by atoms with E-state index >= 15 is 0 Å². The number of hydrogen-bond acceptors (Lipinski definition) is 5. The summed E-state index contributed by atoms with van der Waals surface area (Å²) < 4.78 is 8.81. The first-order valence-corrected chi connectivity index (χ1v) is 6.60. The summed E-state index contributed by atoms with van der Waals surface area (Å²) in [5, 5.41) is 8.57. The molecule has 7 heteroatoms. The molecule has 2 heterocycles. The topological polar surface area (TPSA) is 70.7 Å². The normalized spacial score (nSPS) is 10.8. The van der Waals surface area contributed by atoms with E-state index in [-0.39, 0.29) is 0 Å². The highest BCUT2D eigenvalue weighted by molar-refractivity contribution is 5.28. The lowest BCUT2D eigenvalue weighted by molar-refractivity contribution is 0.414. The number of aryl methyl sites for hydroxylation is 1. The number of nitrogens with zero attached hydrogens (tertiary/aromatic N) is 6. The fourth-order valence-electron chi connectivity index (χ4n) is 2.10. The van der Waals surface area contributed by atoms with Crippen molar-refractivity contribution in [2.24, 2.45) is 0 Å². The molecule has 0 saturated heterocycles. The van der Waals surface area contributed by atoms with E-state index in [4.69, 9.17) is 4.74 Å². The van der Waals surface area contributed by atoms with Crippen molar-refractivity contribution in [3.05, 3.63) is 54.1 Å². The van der Waals surface area contributed by atoms with Gasteiger partial charge >= 0.3 is 0 Å². The Hall–Kier alpha value is -2.70. The van der Waals surface area contributed by atoms with Gasteiger partial charge in [-0.25, -0.2) is 19.3 Å². The van der Waals surface area contributed by atoms with E-state index in [1.807, 2.05) is 35.9 Å². The van der Waals surface area contributed by atoms with Crippen LogP contribution in [0.25, 0.3) is 0 Å². The molecule has 0 saturated carbocycles. The molecule has 3 aromatic rings. The van der Waals surface area contributed by atoms with Gasteiger partial charge in [0.15, 0.2) is 5.82 Å². The molecule has 0 aliphatic heterocycles. The van der Waals surface area contributed by atoms with Crippen molar-refractivity contribution in [1.29, 1.82) is 0 Å². The highest BCUT2D eigenvalue weighted by Gasteiger charge is 2.08. The predicted molar refractivity (Wildman–Crippen MR) is 76.0 cm³/mol. The second kappa shape index (κ2) is 5.74. The first kappa shape index (κ1) is 13.3. The van der Waals surface area contributed by atoms with Crippen molar-refractivity contribution in [3.8, 4) is 5.75 Å². The Morgan fingerprint density at radius 1 is 1.24 bits per heavy atom. The van der Waals surface area contributed by atoms with Crippen molar-refractivity contribution < 1.29 is 4.74 Å². The number of methoxy groups -OCH3 is 1. The van der Waals surface area contributed by atoms with Crippen molar-refractivity contribution in [3.63, 3.8) is 0 Å². The predicted octanol–water partition coefficient (Wildman–Crippen LogP) is 1.28. The number of hydrogen-bond donors (Lipinski definition) is 0. The summed E-state index contributed by atoms with van der Waals surface area (Å²) in [5.41, 5.74) is 1.12. The lowest BCUT2D eigenvalue weighted by atomic mass is 10.2. The third kappa shape index (κ3) is 3.07. The van der Waals surface area contributed by atoms with Crippen molar-refractivity contribution in [2.75, 3.05) is 7.11 Å². The third-order valence-corrected chi connectivity index (χ3v) is 3.14. The molecular weight excluding hydrogens is 268 g/mol. The monoisotopic (exact) mass is 284 g/mol. The molecule has 3 rings (SSSR count). The Morgan fingerprint density at radius 3 is 2.90 bits per heavy atom. The van der Waals surface area contributed by atoms with E-state index in [1.165, 1.54) is 6.33 Å². The lowest BCUT2D eigenvalue weighted by Crippen LogP contribution is -2.06. The number of ether oxygens (including phenoxy) is 1. The van der Waals surface area contributed by atoms with Gasteiger partial charge in [0, 0.05) is 0 Å². The number of aromatic nitrogens is 6. The lowest BCUT2D eigenvalue weighted by Gasteiger charge is -2.05. The van der Waals surface area contributed by atoms with Gasteiger partial charge in [0.2, 0.25) is 0 Å². The number of rotatable bonds is 5. The Bertz CT molecular complexity index is 719. The first-order chi connectivity index (χ1) is 10.2. The second-order valence-corrected chi connectivity index (χ2v) is 4.68. The van der Waals surface area contributed by atoms with Gasteiger partial charge in [-0.15, -0.1) is 0 Å². The van der Waals surface area contributed by atoms with Gasteiger partial charge in [-0.3, -0.25) is 0 Å². The zero-order valence-electron chi connectivity index (χ0n) is 12.0. The van der Waals surface area contributed by atoms with Gasteiger partial charge in [0.25, 0.3) is 0 Å². The smallest absolute Gasteiger partial charge is 0.172 e.